The zero-order valence-corrected chi connectivity index (χ0v) is 11.4. The third-order valence-corrected chi connectivity index (χ3v) is 2.63. The van der Waals surface area contributed by atoms with Gasteiger partial charge in [-0.2, -0.15) is 0 Å². The van der Waals surface area contributed by atoms with Crippen LogP contribution in [0.2, 0.25) is 0 Å². The van der Waals surface area contributed by atoms with Gasteiger partial charge in [-0.05, 0) is 48.7 Å². The first-order valence-electron chi connectivity index (χ1n) is 5.73. The molecule has 0 saturated carbocycles. The van der Waals surface area contributed by atoms with E-state index in [1.165, 1.54) is 13.0 Å². The van der Waals surface area contributed by atoms with Crippen LogP contribution in [-0.4, -0.2) is 24.1 Å². The Hall–Kier alpha value is -2.30. The number of amides is 1. The second-order valence-electron chi connectivity index (χ2n) is 4.22. The van der Waals surface area contributed by atoms with Gasteiger partial charge in [0.05, 0.1) is 7.11 Å². The van der Waals surface area contributed by atoms with Crippen LogP contribution in [0, 0.1) is 13.8 Å². The molecule has 0 aromatic heterocycles. The Kier molecular flexibility index (Phi) is 4.69. The fraction of sp³-hybridized carbons (Fsp3) is 0.286. The van der Waals surface area contributed by atoms with Crippen molar-refractivity contribution in [3.8, 4) is 5.75 Å². The highest BCUT2D eigenvalue weighted by Gasteiger charge is 2.11. The average Bonchev–Trinajstić information content (AvgIpc) is 2.31. The number of nitrogens with one attached hydrogen (secondary N) is 1. The van der Waals surface area contributed by atoms with Gasteiger partial charge in [0.1, 0.15) is 11.4 Å². The van der Waals surface area contributed by atoms with Crippen molar-refractivity contribution in [3.05, 3.63) is 34.5 Å². The molecule has 19 heavy (non-hydrogen) atoms. The molecule has 5 nitrogen and oxygen atoms in total. The monoisotopic (exact) mass is 263 g/mol. The highest BCUT2D eigenvalue weighted by molar-refractivity contribution is 5.96. The molecular weight excluding hydrogens is 246 g/mol. The average molecular weight is 263 g/mol. The van der Waals surface area contributed by atoms with Crippen molar-refractivity contribution in [1.29, 1.82) is 0 Å². The number of carboxylic acids is 1. The Balaban J connectivity index is 3.28. The van der Waals surface area contributed by atoms with E-state index in [9.17, 15) is 9.59 Å². The lowest BCUT2D eigenvalue weighted by atomic mass is 10.0. The molecule has 1 amide bonds. The molecule has 1 rings (SSSR count). The maximum atomic E-state index is 11.1. The van der Waals surface area contributed by atoms with Crippen LogP contribution < -0.4 is 10.1 Å². The van der Waals surface area contributed by atoms with Crippen LogP contribution in [0.1, 0.15) is 23.6 Å². The molecule has 0 aliphatic rings. The van der Waals surface area contributed by atoms with Crippen LogP contribution in [0.5, 0.6) is 5.75 Å². The molecule has 0 radical (unpaired) electrons. The number of hydrogen-bond acceptors (Lipinski definition) is 3. The van der Waals surface area contributed by atoms with Crippen LogP contribution in [0.15, 0.2) is 17.8 Å². The van der Waals surface area contributed by atoms with E-state index in [-0.39, 0.29) is 5.70 Å². The molecule has 0 spiro atoms. The highest BCUT2D eigenvalue weighted by atomic mass is 16.5. The largest absolute Gasteiger partial charge is 0.497 e. The molecule has 1 aromatic carbocycles. The van der Waals surface area contributed by atoms with E-state index in [2.05, 4.69) is 5.32 Å². The molecule has 2 N–H and O–H groups in total. The number of methoxy groups -OCH3 is 1. The number of aliphatic carboxylic acids is 1. The second kappa shape index (κ2) is 6.04. The van der Waals surface area contributed by atoms with E-state index >= 15 is 0 Å². The van der Waals surface area contributed by atoms with Crippen LogP contribution in [0.25, 0.3) is 6.08 Å². The number of hydrogen-bond donors (Lipinski definition) is 2. The minimum absolute atomic E-state index is 0.149. The second-order valence-corrected chi connectivity index (χ2v) is 4.22. The smallest absolute Gasteiger partial charge is 0.352 e. The quantitative estimate of drug-likeness (QED) is 0.813. The van der Waals surface area contributed by atoms with Crippen molar-refractivity contribution in [1.82, 2.24) is 5.32 Å². The number of carbonyl (C=O) groups is 2. The number of carbonyl (C=O) groups excluding carboxylic acids is 1. The zero-order valence-electron chi connectivity index (χ0n) is 11.4. The van der Waals surface area contributed by atoms with Gasteiger partial charge < -0.3 is 15.2 Å². The van der Waals surface area contributed by atoms with Crippen LogP contribution in [0.3, 0.4) is 0 Å². The lowest BCUT2D eigenvalue weighted by Crippen LogP contribution is -2.24. The number of ether oxygens (including phenoxy) is 1. The van der Waals surface area contributed by atoms with E-state index in [0.29, 0.717) is 5.75 Å². The summed E-state index contributed by atoms with van der Waals surface area (Å²) in [6, 6.07) is 3.62. The van der Waals surface area contributed by atoms with Crippen molar-refractivity contribution in [2.45, 2.75) is 20.8 Å². The molecule has 0 unspecified atom stereocenters. The van der Waals surface area contributed by atoms with Gasteiger partial charge in [-0.3, -0.25) is 4.79 Å². The third kappa shape index (κ3) is 3.84. The van der Waals surface area contributed by atoms with Gasteiger partial charge in [-0.25, -0.2) is 4.79 Å². The summed E-state index contributed by atoms with van der Waals surface area (Å²) in [5.74, 6) is -0.883. The van der Waals surface area contributed by atoms with E-state index < -0.39 is 11.9 Å². The summed E-state index contributed by atoms with van der Waals surface area (Å²) in [4.78, 5) is 22.1. The first-order valence-corrected chi connectivity index (χ1v) is 5.73. The molecular formula is C14H17NO4. The van der Waals surface area contributed by atoms with E-state index in [4.69, 9.17) is 9.84 Å². The maximum Gasteiger partial charge on any atom is 0.352 e. The van der Waals surface area contributed by atoms with E-state index in [1.54, 1.807) is 7.11 Å². The molecule has 0 atom stereocenters. The van der Waals surface area contributed by atoms with E-state index in [0.717, 1.165) is 16.7 Å². The SMILES string of the molecule is COc1cc(C)c(/C=C(\NC(C)=O)C(=O)O)c(C)c1. The minimum atomic E-state index is -1.18. The summed E-state index contributed by atoms with van der Waals surface area (Å²) in [6.45, 7) is 4.98. The summed E-state index contributed by atoms with van der Waals surface area (Å²) in [7, 11) is 1.57. The molecule has 0 aliphatic heterocycles. The Morgan fingerprint density at radius 2 is 1.79 bits per heavy atom. The maximum absolute atomic E-state index is 11.1. The van der Waals surface area contributed by atoms with Gasteiger partial charge in [0.2, 0.25) is 5.91 Å². The molecule has 0 heterocycles. The summed E-state index contributed by atoms with van der Waals surface area (Å²) < 4.78 is 5.14. The topological polar surface area (TPSA) is 75.6 Å². The fourth-order valence-electron chi connectivity index (χ4n) is 1.77. The molecule has 0 aliphatic carbocycles. The minimum Gasteiger partial charge on any atom is -0.497 e. The number of benzene rings is 1. The highest BCUT2D eigenvalue weighted by Crippen LogP contribution is 2.23. The predicted octanol–water partition coefficient (Wildman–Crippen LogP) is 1.87. The van der Waals surface area contributed by atoms with Gasteiger partial charge in [0.25, 0.3) is 0 Å². The van der Waals surface area contributed by atoms with E-state index in [1.807, 2.05) is 26.0 Å². The van der Waals surface area contributed by atoms with Crippen LogP contribution >= 0.6 is 0 Å². The van der Waals surface area contributed by atoms with Crippen molar-refractivity contribution in [3.63, 3.8) is 0 Å². The Morgan fingerprint density at radius 3 is 2.16 bits per heavy atom. The lowest BCUT2D eigenvalue weighted by Gasteiger charge is -2.10. The first kappa shape index (κ1) is 14.8. The normalized spacial score (nSPS) is 11.1. The Labute approximate surface area is 111 Å². The summed E-state index contributed by atoms with van der Waals surface area (Å²) in [6.07, 6.45) is 1.45. The van der Waals surface area contributed by atoms with Crippen LogP contribution in [0.4, 0.5) is 0 Å². The molecule has 0 bridgehead atoms. The fourth-order valence-corrected chi connectivity index (χ4v) is 1.77. The number of carboxylic acid groups (broad SMARTS) is 1. The first-order chi connectivity index (χ1) is 8.85. The Morgan fingerprint density at radius 1 is 1.26 bits per heavy atom. The molecule has 0 saturated heterocycles. The summed E-state index contributed by atoms with van der Waals surface area (Å²) >= 11 is 0. The summed E-state index contributed by atoms with van der Waals surface area (Å²) in [5.41, 5.74) is 2.36. The zero-order chi connectivity index (χ0) is 14.6. The Bertz CT molecular complexity index is 523. The molecule has 1 aromatic rings. The standard InChI is InChI=1S/C14H17NO4/c1-8-5-11(19-4)6-9(2)12(8)7-13(14(17)18)15-10(3)16/h5-7H,1-4H3,(H,15,16)(H,17,18)/b13-7-. The van der Waals surface area contributed by atoms with Crippen molar-refractivity contribution >= 4 is 18.0 Å². The predicted molar refractivity (Wildman–Crippen MR) is 71.9 cm³/mol. The molecule has 102 valence electrons. The van der Waals surface area contributed by atoms with Crippen molar-refractivity contribution in [2.75, 3.05) is 7.11 Å². The number of aryl methyl sites for hydroxylation is 2. The van der Waals surface area contributed by atoms with Crippen molar-refractivity contribution in [2.24, 2.45) is 0 Å². The third-order valence-electron chi connectivity index (χ3n) is 2.63. The van der Waals surface area contributed by atoms with Crippen molar-refractivity contribution < 1.29 is 19.4 Å². The van der Waals surface area contributed by atoms with Gasteiger partial charge >= 0.3 is 5.97 Å². The van der Waals surface area contributed by atoms with Gasteiger partial charge in [0, 0.05) is 6.92 Å². The van der Waals surface area contributed by atoms with Gasteiger partial charge in [-0.15, -0.1) is 0 Å². The lowest BCUT2D eigenvalue weighted by molar-refractivity contribution is -0.134. The number of rotatable bonds is 4. The molecule has 0 fully saturated rings. The summed E-state index contributed by atoms with van der Waals surface area (Å²) in [5, 5.41) is 11.4. The van der Waals surface area contributed by atoms with Gasteiger partial charge in [-0.1, -0.05) is 0 Å². The van der Waals surface area contributed by atoms with Crippen LogP contribution in [-0.2, 0) is 9.59 Å². The molecule has 5 heteroatoms. The van der Waals surface area contributed by atoms with Gasteiger partial charge in [0.15, 0.2) is 0 Å².